The van der Waals surface area contributed by atoms with E-state index in [1.54, 1.807) is 30.5 Å². The van der Waals surface area contributed by atoms with Crippen LogP contribution in [0.15, 0.2) is 36.5 Å². The summed E-state index contributed by atoms with van der Waals surface area (Å²) in [5, 5.41) is 20.1. The standard InChI is InChI=1S/C13H13N3O3/c1-19-11-6-2-5-10(12(11)17)13(18)14-8-9-4-3-7-15-16-9/h2-7,17H,8H2,1H3,(H,14,18). The van der Waals surface area contributed by atoms with E-state index in [0.29, 0.717) is 5.69 Å². The third-order valence-electron chi connectivity index (χ3n) is 2.52. The van der Waals surface area contributed by atoms with Gasteiger partial charge in [-0.1, -0.05) is 6.07 Å². The molecule has 0 atom stereocenters. The Balaban J connectivity index is 2.08. The van der Waals surface area contributed by atoms with Gasteiger partial charge in [0.2, 0.25) is 0 Å². The van der Waals surface area contributed by atoms with Gasteiger partial charge in [0.25, 0.3) is 5.91 Å². The fourth-order valence-electron chi connectivity index (χ4n) is 1.56. The molecule has 2 rings (SSSR count). The number of amides is 1. The Morgan fingerprint density at radius 3 is 2.89 bits per heavy atom. The lowest BCUT2D eigenvalue weighted by Crippen LogP contribution is -2.23. The van der Waals surface area contributed by atoms with Gasteiger partial charge in [-0.2, -0.15) is 10.2 Å². The van der Waals surface area contributed by atoms with E-state index in [-0.39, 0.29) is 23.6 Å². The highest BCUT2D eigenvalue weighted by Gasteiger charge is 2.14. The van der Waals surface area contributed by atoms with Crippen LogP contribution in [0.5, 0.6) is 11.5 Å². The minimum atomic E-state index is -0.401. The van der Waals surface area contributed by atoms with E-state index < -0.39 is 5.91 Å². The normalized spacial score (nSPS) is 9.95. The van der Waals surface area contributed by atoms with Gasteiger partial charge in [-0.15, -0.1) is 0 Å². The SMILES string of the molecule is COc1cccc(C(=O)NCc2cccnn2)c1O. The molecule has 6 heteroatoms. The second-order valence-corrected chi connectivity index (χ2v) is 3.75. The predicted molar refractivity (Wildman–Crippen MR) is 67.9 cm³/mol. The van der Waals surface area contributed by atoms with E-state index in [1.807, 2.05) is 0 Å². The molecule has 6 nitrogen and oxygen atoms in total. The number of aromatic nitrogens is 2. The molecule has 1 aromatic heterocycles. The summed E-state index contributed by atoms with van der Waals surface area (Å²) in [4.78, 5) is 11.9. The number of phenols is 1. The summed E-state index contributed by atoms with van der Waals surface area (Å²) in [6.07, 6.45) is 1.55. The van der Waals surface area contributed by atoms with Gasteiger partial charge in [0, 0.05) is 6.20 Å². The van der Waals surface area contributed by atoms with E-state index >= 15 is 0 Å². The minimum absolute atomic E-state index is 0.156. The quantitative estimate of drug-likeness (QED) is 0.859. The number of benzene rings is 1. The average Bonchev–Trinajstić information content (AvgIpc) is 2.46. The second kappa shape index (κ2) is 5.81. The molecule has 0 bridgehead atoms. The molecule has 98 valence electrons. The highest BCUT2D eigenvalue weighted by atomic mass is 16.5. The number of hydrogen-bond acceptors (Lipinski definition) is 5. The van der Waals surface area contributed by atoms with Crippen molar-refractivity contribution in [2.75, 3.05) is 7.11 Å². The first-order valence-corrected chi connectivity index (χ1v) is 5.63. The molecule has 0 aliphatic heterocycles. The molecule has 0 saturated carbocycles. The minimum Gasteiger partial charge on any atom is -0.504 e. The summed E-state index contributed by atoms with van der Waals surface area (Å²) < 4.78 is 4.95. The Labute approximate surface area is 110 Å². The van der Waals surface area contributed by atoms with Crippen molar-refractivity contribution >= 4 is 5.91 Å². The largest absolute Gasteiger partial charge is 0.504 e. The van der Waals surface area contributed by atoms with Crippen LogP contribution < -0.4 is 10.1 Å². The van der Waals surface area contributed by atoms with Crippen LogP contribution in [0.2, 0.25) is 0 Å². The van der Waals surface area contributed by atoms with Crippen LogP contribution in [0.25, 0.3) is 0 Å². The zero-order valence-electron chi connectivity index (χ0n) is 10.3. The number of ether oxygens (including phenoxy) is 1. The van der Waals surface area contributed by atoms with Gasteiger partial charge in [-0.25, -0.2) is 0 Å². The van der Waals surface area contributed by atoms with Gasteiger partial charge in [0.15, 0.2) is 11.5 Å². The van der Waals surface area contributed by atoms with Crippen molar-refractivity contribution < 1.29 is 14.6 Å². The zero-order chi connectivity index (χ0) is 13.7. The van der Waals surface area contributed by atoms with E-state index in [0.717, 1.165) is 0 Å². The maximum atomic E-state index is 11.9. The van der Waals surface area contributed by atoms with Gasteiger partial charge in [-0.3, -0.25) is 4.79 Å². The molecule has 0 radical (unpaired) electrons. The van der Waals surface area contributed by atoms with E-state index in [4.69, 9.17) is 4.74 Å². The van der Waals surface area contributed by atoms with E-state index in [1.165, 1.54) is 13.2 Å². The number of carbonyl (C=O) groups is 1. The molecule has 0 spiro atoms. The Bertz CT molecular complexity index is 573. The smallest absolute Gasteiger partial charge is 0.255 e. The van der Waals surface area contributed by atoms with Crippen LogP contribution in [-0.2, 0) is 6.54 Å². The summed E-state index contributed by atoms with van der Waals surface area (Å²) in [5.41, 5.74) is 0.793. The van der Waals surface area contributed by atoms with Crippen LogP contribution >= 0.6 is 0 Å². The van der Waals surface area contributed by atoms with Crippen LogP contribution in [0.1, 0.15) is 16.1 Å². The maximum absolute atomic E-state index is 11.9. The highest BCUT2D eigenvalue weighted by molar-refractivity contribution is 5.97. The average molecular weight is 259 g/mol. The third kappa shape index (κ3) is 2.98. The topological polar surface area (TPSA) is 84.3 Å². The van der Waals surface area contributed by atoms with Gasteiger partial charge < -0.3 is 15.2 Å². The summed E-state index contributed by atoms with van der Waals surface area (Å²) in [6.45, 7) is 0.239. The molecule has 19 heavy (non-hydrogen) atoms. The Morgan fingerprint density at radius 2 is 2.21 bits per heavy atom. The third-order valence-corrected chi connectivity index (χ3v) is 2.52. The van der Waals surface area contributed by atoms with Gasteiger partial charge in [0.1, 0.15) is 0 Å². The predicted octanol–water partition coefficient (Wildman–Crippen LogP) is 1.12. The van der Waals surface area contributed by atoms with Crippen molar-refractivity contribution in [3.05, 3.63) is 47.8 Å². The molecule has 0 aliphatic carbocycles. The summed E-state index contributed by atoms with van der Waals surface area (Å²) >= 11 is 0. The lowest BCUT2D eigenvalue weighted by molar-refractivity contribution is 0.0947. The van der Waals surface area contributed by atoms with Gasteiger partial charge >= 0.3 is 0 Å². The van der Waals surface area contributed by atoms with Crippen molar-refractivity contribution in [2.45, 2.75) is 6.54 Å². The molecular weight excluding hydrogens is 246 g/mol. The first kappa shape index (κ1) is 12.8. The van der Waals surface area contributed by atoms with E-state index in [9.17, 15) is 9.90 Å². The van der Waals surface area contributed by atoms with Crippen LogP contribution in [0.4, 0.5) is 0 Å². The van der Waals surface area contributed by atoms with Crippen LogP contribution in [-0.4, -0.2) is 28.3 Å². The van der Waals surface area contributed by atoms with Crippen molar-refractivity contribution in [1.82, 2.24) is 15.5 Å². The number of nitrogens with one attached hydrogen (secondary N) is 1. The monoisotopic (exact) mass is 259 g/mol. The molecule has 2 N–H and O–H groups in total. The van der Waals surface area contributed by atoms with Crippen molar-refractivity contribution in [2.24, 2.45) is 0 Å². The molecular formula is C13H13N3O3. The number of phenolic OH excluding ortho intramolecular Hbond substituents is 1. The van der Waals surface area contributed by atoms with Crippen molar-refractivity contribution in [1.29, 1.82) is 0 Å². The molecule has 1 amide bonds. The second-order valence-electron chi connectivity index (χ2n) is 3.75. The number of para-hydroxylation sites is 1. The fraction of sp³-hybridized carbons (Fsp3) is 0.154. The fourth-order valence-corrected chi connectivity index (χ4v) is 1.56. The number of nitrogens with zero attached hydrogens (tertiary/aromatic N) is 2. The summed E-state index contributed by atoms with van der Waals surface area (Å²) in [7, 11) is 1.43. The number of aromatic hydroxyl groups is 1. The van der Waals surface area contributed by atoms with E-state index in [2.05, 4.69) is 15.5 Å². The number of rotatable bonds is 4. The maximum Gasteiger partial charge on any atom is 0.255 e. The van der Waals surface area contributed by atoms with Gasteiger partial charge in [-0.05, 0) is 24.3 Å². The molecule has 1 heterocycles. The molecule has 0 saturated heterocycles. The van der Waals surface area contributed by atoms with Crippen LogP contribution in [0, 0.1) is 0 Å². The molecule has 0 fully saturated rings. The Morgan fingerprint density at radius 1 is 1.37 bits per heavy atom. The van der Waals surface area contributed by atoms with Gasteiger partial charge in [0.05, 0.1) is 24.9 Å². The molecule has 1 aromatic carbocycles. The van der Waals surface area contributed by atoms with Crippen LogP contribution in [0.3, 0.4) is 0 Å². The Kier molecular flexibility index (Phi) is 3.92. The Hall–Kier alpha value is -2.63. The molecule has 0 aliphatic rings. The van der Waals surface area contributed by atoms with Crippen molar-refractivity contribution in [3.8, 4) is 11.5 Å². The highest BCUT2D eigenvalue weighted by Crippen LogP contribution is 2.29. The molecule has 0 unspecified atom stereocenters. The number of carbonyl (C=O) groups excluding carboxylic acids is 1. The lowest BCUT2D eigenvalue weighted by atomic mass is 10.1. The first-order chi connectivity index (χ1) is 9.22. The zero-order valence-corrected chi connectivity index (χ0v) is 10.3. The summed E-state index contributed by atoms with van der Waals surface area (Å²) in [5.74, 6) is -0.323. The number of methoxy groups -OCH3 is 1. The van der Waals surface area contributed by atoms with Crippen molar-refractivity contribution in [3.63, 3.8) is 0 Å². The molecule has 2 aromatic rings. The first-order valence-electron chi connectivity index (χ1n) is 5.63. The number of hydrogen-bond donors (Lipinski definition) is 2. The summed E-state index contributed by atoms with van der Waals surface area (Å²) in [6, 6.07) is 8.21. The lowest BCUT2D eigenvalue weighted by Gasteiger charge is -2.08.